The van der Waals surface area contributed by atoms with Crippen LogP contribution in [0, 0.1) is 0 Å². The minimum Gasteiger partial charge on any atom is -0.395 e. The maximum atomic E-state index is 11.2. The third-order valence-corrected chi connectivity index (χ3v) is 1.39. The molecule has 0 unspecified atom stereocenters. The van der Waals surface area contributed by atoms with E-state index in [1.165, 1.54) is 4.90 Å². The van der Waals surface area contributed by atoms with Crippen LogP contribution in [-0.2, 0) is 4.79 Å². The highest BCUT2D eigenvalue weighted by atomic mass is 16.3. The van der Waals surface area contributed by atoms with Crippen LogP contribution in [0.25, 0.3) is 0 Å². The molecule has 0 radical (unpaired) electrons. The summed E-state index contributed by atoms with van der Waals surface area (Å²) >= 11 is 0. The minimum absolute atomic E-state index is 0.0171. The van der Waals surface area contributed by atoms with Crippen molar-refractivity contribution in [2.24, 2.45) is 0 Å². The van der Waals surface area contributed by atoms with Gasteiger partial charge in [-0.2, -0.15) is 0 Å². The SMILES string of the molecule is C=CCC(=O)N(CC=C)CCO. The highest BCUT2D eigenvalue weighted by Gasteiger charge is 2.08. The monoisotopic (exact) mass is 169 g/mol. The van der Waals surface area contributed by atoms with Crippen molar-refractivity contribution in [1.82, 2.24) is 4.90 Å². The molecule has 68 valence electrons. The average Bonchev–Trinajstić information content (AvgIpc) is 2.04. The molecule has 0 aliphatic heterocycles. The highest BCUT2D eigenvalue weighted by Crippen LogP contribution is 1.94. The normalized spacial score (nSPS) is 9.08. The molecule has 0 aromatic carbocycles. The summed E-state index contributed by atoms with van der Waals surface area (Å²) in [5.41, 5.74) is 0. The van der Waals surface area contributed by atoms with Crippen molar-refractivity contribution in [3.63, 3.8) is 0 Å². The van der Waals surface area contributed by atoms with Crippen molar-refractivity contribution in [3.05, 3.63) is 25.3 Å². The molecular weight excluding hydrogens is 154 g/mol. The van der Waals surface area contributed by atoms with Crippen molar-refractivity contribution in [3.8, 4) is 0 Å². The van der Waals surface area contributed by atoms with Gasteiger partial charge in [0.05, 0.1) is 6.61 Å². The van der Waals surface area contributed by atoms with Gasteiger partial charge >= 0.3 is 0 Å². The molecule has 0 aromatic heterocycles. The predicted molar refractivity (Wildman–Crippen MR) is 48.7 cm³/mol. The largest absolute Gasteiger partial charge is 0.395 e. The van der Waals surface area contributed by atoms with E-state index in [-0.39, 0.29) is 12.5 Å². The van der Waals surface area contributed by atoms with Crippen molar-refractivity contribution < 1.29 is 9.90 Å². The third kappa shape index (κ3) is 3.93. The lowest BCUT2D eigenvalue weighted by Crippen LogP contribution is -2.33. The van der Waals surface area contributed by atoms with Gasteiger partial charge in [-0.05, 0) is 0 Å². The topological polar surface area (TPSA) is 40.5 Å². The first kappa shape index (κ1) is 10.9. The summed E-state index contributed by atoms with van der Waals surface area (Å²) in [4.78, 5) is 12.8. The molecule has 0 aliphatic carbocycles. The summed E-state index contributed by atoms with van der Waals surface area (Å²) < 4.78 is 0. The number of hydrogen-bond donors (Lipinski definition) is 1. The highest BCUT2D eigenvalue weighted by molar-refractivity contribution is 5.77. The first-order valence-electron chi connectivity index (χ1n) is 3.86. The van der Waals surface area contributed by atoms with Gasteiger partial charge in [0.2, 0.25) is 5.91 Å². The Bertz CT molecular complexity index is 166. The Morgan fingerprint density at radius 2 is 2.08 bits per heavy atom. The van der Waals surface area contributed by atoms with Gasteiger partial charge in [-0.1, -0.05) is 12.2 Å². The Labute approximate surface area is 73.0 Å². The number of amides is 1. The fourth-order valence-corrected chi connectivity index (χ4v) is 0.847. The van der Waals surface area contributed by atoms with Gasteiger partial charge in [0.25, 0.3) is 0 Å². The van der Waals surface area contributed by atoms with Crippen LogP contribution < -0.4 is 0 Å². The van der Waals surface area contributed by atoms with Gasteiger partial charge in [-0.3, -0.25) is 4.79 Å². The third-order valence-electron chi connectivity index (χ3n) is 1.39. The average molecular weight is 169 g/mol. The van der Waals surface area contributed by atoms with E-state index in [1.807, 2.05) is 0 Å². The van der Waals surface area contributed by atoms with Crippen LogP contribution in [0.1, 0.15) is 6.42 Å². The molecule has 0 saturated heterocycles. The molecule has 1 amide bonds. The lowest BCUT2D eigenvalue weighted by atomic mass is 10.3. The molecule has 0 spiro atoms. The van der Waals surface area contributed by atoms with E-state index in [9.17, 15) is 4.79 Å². The zero-order valence-corrected chi connectivity index (χ0v) is 7.20. The van der Waals surface area contributed by atoms with E-state index in [4.69, 9.17) is 5.11 Å². The second-order valence-electron chi connectivity index (χ2n) is 2.34. The molecule has 0 aromatic rings. The van der Waals surface area contributed by atoms with Crippen LogP contribution in [0.2, 0.25) is 0 Å². The quantitative estimate of drug-likeness (QED) is 0.590. The number of carbonyl (C=O) groups is 1. The summed E-state index contributed by atoms with van der Waals surface area (Å²) in [7, 11) is 0. The second-order valence-corrected chi connectivity index (χ2v) is 2.34. The Kier molecular flexibility index (Phi) is 6.01. The van der Waals surface area contributed by atoms with Gasteiger partial charge in [-0.25, -0.2) is 0 Å². The fourth-order valence-electron chi connectivity index (χ4n) is 0.847. The molecule has 12 heavy (non-hydrogen) atoms. The summed E-state index contributed by atoms with van der Waals surface area (Å²) in [6.45, 7) is 7.81. The van der Waals surface area contributed by atoms with Crippen LogP contribution in [0.4, 0.5) is 0 Å². The second kappa shape index (κ2) is 6.61. The van der Waals surface area contributed by atoms with Crippen LogP contribution in [0.5, 0.6) is 0 Å². The summed E-state index contributed by atoms with van der Waals surface area (Å²) in [5.74, 6) is -0.0287. The number of hydrogen-bond acceptors (Lipinski definition) is 2. The standard InChI is InChI=1S/C9H15NO2/c1-3-5-9(12)10(6-4-2)7-8-11/h3-4,11H,1-2,5-8H2. The van der Waals surface area contributed by atoms with Crippen molar-refractivity contribution in [1.29, 1.82) is 0 Å². The summed E-state index contributed by atoms with van der Waals surface area (Å²) in [6, 6.07) is 0. The van der Waals surface area contributed by atoms with Crippen LogP contribution in [0.15, 0.2) is 25.3 Å². The molecular formula is C9H15NO2. The number of aliphatic hydroxyl groups is 1. The Hall–Kier alpha value is -1.09. The number of carbonyl (C=O) groups excluding carboxylic acids is 1. The fraction of sp³-hybridized carbons (Fsp3) is 0.444. The van der Waals surface area contributed by atoms with Crippen LogP contribution >= 0.6 is 0 Å². The Balaban J connectivity index is 3.97. The molecule has 3 nitrogen and oxygen atoms in total. The minimum atomic E-state index is -0.0287. The van der Waals surface area contributed by atoms with Crippen molar-refractivity contribution >= 4 is 5.91 Å². The van der Waals surface area contributed by atoms with Gasteiger partial charge < -0.3 is 10.0 Å². The molecule has 0 rings (SSSR count). The van der Waals surface area contributed by atoms with Gasteiger partial charge in [-0.15, -0.1) is 13.2 Å². The molecule has 0 saturated carbocycles. The lowest BCUT2D eigenvalue weighted by molar-refractivity contribution is -0.130. The molecule has 0 bridgehead atoms. The number of rotatable bonds is 6. The van der Waals surface area contributed by atoms with E-state index in [0.717, 1.165) is 0 Å². The molecule has 3 heteroatoms. The number of aliphatic hydroxyl groups excluding tert-OH is 1. The maximum Gasteiger partial charge on any atom is 0.226 e. The van der Waals surface area contributed by atoms with E-state index in [2.05, 4.69) is 13.2 Å². The smallest absolute Gasteiger partial charge is 0.226 e. The molecule has 1 N–H and O–H groups in total. The lowest BCUT2D eigenvalue weighted by Gasteiger charge is -2.18. The Morgan fingerprint density at radius 1 is 1.42 bits per heavy atom. The summed E-state index contributed by atoms with van der Waals surface area (Å²) in [6.07, 6.45) is 3.50. The predicted octanol–water partition coefficient (Wildman–Crippen LogP) is 0.569. The zero-order valence-electron chi connectivity index (χ0n) is 7.20. The van der Waals surface area contributed by atoms with E-state index >= 15 is 0 Å². The van der Waals surface area contributed by atoms with E-state index in [0.29, 0.717) is 19.5 Å². The maximum absolute atomic E-state index is 11.2. The van der Waals surface area contributed by atoms with Crippen LogP contribution in [-0.4, -0.2) is 35.6 Å². The van der Waals surface area contributed by atoms with Crippen molar-refractivity contribution in [2.75, 3.05) is 19.7 Å². The van der Waals surface area contributed by atoms with E-state index in [1.54, 1.807) is 12.2 Å². The molecule has 0 fully saturated rings. The van der Waals surface area contributed by atoms with Gasteiger partial charge in [0.1, 0.15) is 0 Å². The molecule has 0 atom stereocenters. The first-order chi connectivity index (χ1) is 5.76. The van der Waals surface area contributed by atoms with Crippen LogP contribution in [0.3, 0.4) is 0 Å². The van der Waals surface area contributed by atoms with E-state index < -0.39 is 0 Å². The van der Waals surface area contributed by atoms with Gasteiger partial charge in [0.15, 0.2) is 0 Å². The van der Waals surface area contributed by atoms with Gasteiger partial charge in [0, 0.05) is 19.5 Å². The first-order valence-corrected chi connectivity index (χ1v) is 3.86. The number of nitrogens with zero attached hydrogens (tertiary/aromatic N) is 1. The Morgan fingerprint density at radius 3 is 2.50 bits per heavy atom. The molecule has 0 aliphatic rings. The summed E-state index contributed by atoms with van der Waals surface area (Å²) in [5, 5.41) is 8.63. The molecule has 0 heterocycles. The zero-order chi connectivity index (χ0) is 9.40. The van der Waals surface area contributed by atoms with Crippen molar-refractivity contribution in [2.45, 2.75) is 6.42 Å².